The van der Waals surface area contributed by atoms with E-state index in [9.17, 15) is 0 Å². The van der Waals surface area contributed by atoms with Crippen molar-refractivity contribution in [1.82, 2.24) is 9.97 Å². The summed E-state index contributed by atoms with van der Waals surface area (Å²) in [7, 11) is 0. The van der Waals surface area contributed by atoms with Gasteiger partial charge < -0.3 is 15.5 Å². The van der Waals surface area contributed by atoms with Gasteiger partial charge in [0.2, 0.25) is 0 Å². The molecular formula is C8H12ClN3O2S. The maximum atomic E-state index is 9.12. The first kappa shape index (κ1) is 12.5. The Labute approximate surface area is 96.9 Å². The summed E-state index contributed by atoms with van der Waals surface area (Å²) in [5.74, 6) is 0.534. The number of rotatable bonds is 5. The minimum absolute atomic E-state index is 0.220. The Bertz CT molecular complexity index is 327. The van der Waals surface area contributed by atoms with Crippen LogP contribution in [0.3, 0.4) is 0 Å². The van der Waals surface area contributed by atoms with Crippen molar-refractivity contribution in [3.8, 4) is 0 Å². The normalized spacial score (nSPS) is 12.5. The Hall–Kier alpha value is -0.560. The molecule has 1 unspecified atom stereocenters. The molecule has 1 rings (SSSR count). The van der Waals surface area contributed by atoms with E-state index in [1.54, 1.807) is 6.07 Å². The topological polar surface area (TPSA) is 78.3 Å². The molecule has 0 saturated heterocycles. The molecular weight excluding hydrogens is 238 g/mol. The van der Waals surface area contributed by atoms with Crippen LogP contribution < -0.4 is 5.32 Å². The van der Waals surface area contributed by atoms with Gasteiger partial charge in [-0.25, -0.2) is 9.97 Å². The smallest absolute Gasteiger partial charge is 0.190 e. The molecule has 15 heavy (non-hydrogen) atoms. The van der Waals surface area contributed by atoms with Gasteiger partial charge in [0.05, 0.1) is 12.7 Å². The molecule has 0 aliphatic carbocycles. The number of halogens is 1. The van der Waals surface area contributed by atoms with Gasteiger partial charge in [-0.05, 0) is 6.26 Å². The molecule has 0 amide bonds. The number of nitrogens with one attached hydrogen (secondary N) is 1. The molecule has 84 valence electrons. The van der Waals surface area contributed by atoms with Crippen LogP contribution in [0.5, 0.6) is 0 Å². The van der Waals surface area contributed by atoms with Crippen LogP contribution in [0.1, 0.15) is 0 Å². The molecule has 1 aromatic rings. The number of anilines is 1. The Morgan fingerprint density at radius 2 is 2.33 bits per heavy atom. The van der Waals surface area contributed by atoms with E-state index in [4.69, 9.17) is 21.8 Å². The highest BCUT2D eigenvalue weighted by Gasteiger charge is 2.05. The van der Waals surface area contributed by atoms with Gasteiger partial charge in [-0.1, -0.05) is 23.4 Å². The van der Waals surface area contributed by atoms with Crippen LogP contribution in [0.25, 0.3) is 0 Å². The maximum absolute atomic E-state index is 9.12. The molecule has 0 fully saturated rings. The molecule has 0 aliphatic heterocycles. The first-order valence-corrected chi connectivity index (χ1v) is 5.87. The van der Waals surface area contributed by atoms with Crippen molar-refractivity contribution in [1.29, 1.82) is 0 Å². The Morgan fingerprint density at radius 1 is 1.60 bits per heavy atom. The SMILES string of the molecule is CSc1nc(Cl)cc(NCC(O)CO)n1. The second kappa shape index (κ2) is 6.12. The fraction of sp³-hybridized carbons (Fsp3) is 0.500. The molecule has 0 bridgehead atoms. The van der Waals surface area contributed by atoms with Gasteiger partial charge in [-0.3, -0.25) is 0 Å². The zero-order valence-electron chi connectivity index (χ0n) is 8.14. The second-order valence-corrected chi connectivity index (χ2v) is 3.94. The van der Waals surface area contributed by atoms with Crippen LogP contribution in [0.4, 0.5) is 5.82 Å². The van der Waals surface area contributed by atoms with Crippen molar-refractivity contribution in [2.75, 3.05) is 24.7 Å². The lowest BCUT2D eigenvalue weighted by atomic mass is 10.4. The van der Waals surface area contributed by atoms with Crippen molar-refractivity contribution in [2.45, 2.75) is 11.3 Å². The Kier molecular flexibility index (Phi) is 5.10. The van der Waals surface area contributed by atoms with Gasteiger partial charge >= 0.3 is 0 Å². The predicted octanol–water partition coefficient (Wildman–Crippen LogP) is 0.617. The van der Waals surface area contributed by atoms with E-state index in [1.165, 1.54) is 11.8 Å². The van der Waals surface area contributed by atoms with Crippen LogP contribution in [0.15, 0.2) is 11.2 Å². The van der Waals surface area contributed by atoms with Crippen LogP contribution in [0.2, 0.25) is 5.15 Å². The second-order valence-electron chi connectivity index (χ2n) is 2.78. The number of aliphatic hydroxyl groups excluding tert-OH is 2. The molecule has 1 aromatic heterocycles. The Morgan fingerprint density at radius 3 is 2.93 bits per heavy atom. The average Bonchev–Trinajstić information content (AvgIpc) is 2.25. The molecule has 0 radical (unpaired) electrons. The van der Waals surface area contributed by atoms with Crippen LogP contribution >= 0.6 is 23.4 Å². The van der Waals surface area contributed by atoms with Crippen molar-refractivity contribution >= 4 is 29.2 Å². The number of hydrogen-bond acceptors (Lipinski definition) is 6. The van der Waals surface area contributed by atoms with Gasteiger partial charge in [0.15, 0.2) is 5.16 Å². The third kappa shape index (κ3) is 4.21. The fourth-order valence-corrected chi connectivity index (χ4v) is 1.48. The molecule has 3 N–H and O–H groups in total. The molecule has 0 saturated carbocycles. The van der Waals surface area contributed by atoms with Gasteiger partial charge in [0, 0.05) is 12.6 Å². The zero-order valence-corrected chi connectivity index (χ0v) is 9.72. The van der Waals surface area contributed by atoms with Gasteiger partial charge in [0.1, 0.15) is 11.0 Å². The number of aliphatic hydroxyl groups is 2. The Balaban J connectivity index is 2.64. The largest absolute Gasteiger partial charge is 0.394 e. The third-order valence-electron chi connectivity index (χ3n) is 1.59. The quantitative estimate of drug-likeness (QED) is 0.403. The summed E-state index contributed by atoms with van der Waals surface area (Å²) in [5, 5.41) is 21.5. The van der Waals surface area contributed by atoms with E-state index in [0.29, 0.717) is 16.1 Å². The summed E-state index contributed by atoms with van der Waals surface area (Å²) >= 11 is 7.14. The molecule has 7 heteroatoms. The highest BCUT2D eigenvalue weighted by Crippen LogP contribution is 2.16. The first-order valence-electron chi connectivity index (χ1n) is 4.27. The van der Waals surface area contributed by atoms with E-state index >= 15 is 0 Å². The van der Waals surface area contributed by atoms with Crippen LogP contribution in [-0.2, 0) is 0 Å². The summed E-state index contributed by atoms with van der Waals surface area (Å²) in [5.41, 5.74) is 0. The molecule has 0 aromatic carbocycles. The highest BCUT2D eigenvalue weighted by molar-refractivity contribution is 7.98. The molecule has 0 aliphatic rings. The monoisotopic (exact) mass is 249 g/mol. The van der Waals surface area contributed by atoms with Crippen molar-refractivity contribution < 1.29 is 10.2 Å². The number of nitrogens with zero attached hydrogens (tertiary/aromatic N) is 2. The van der Waals surface area contributed by atoms with E-state index in [1.807, 2.05) is 6.26 Å². The van der Waals surface area contributed by atoms with Crippen molar-refractivity contribution in [3.63, 3.8) is 0 Å². The lowest BCUT2D eigenvalue weighted by Crippen LogP contribution is -2.23. The fourth-order valence-electron chi connectivity index (χ4n) is 0.866. The van der Waals surface area contributed by atoms with E-state index < -0.39 is 6.10 Å². The predicted molar refractivity (Wildman–Crippen MR) is 60.4 cm³/mol. The minimum atomic E-state index is -0.809. The van der Waals surface area contributed by atoms with Gasteiger partial charge in [0.25, 0.3) is 0 Å². The summed E-state index contributed by atoms with van der Waals surface area (Å²) in [6, 6.07) is 1.56. The van der Waals surface area contributed by atoms with E-state index in [0.717, 1.165) is 0 Å². The van der Waals surface area contributed by atoms with Crippen LogP contribution in [-0.4, -0.2) is 45.7 Å². The van der Waals surface area contributed by atoms with Gasteiger partial charge in [-0.15, -0.1) is 0 Å². The third-order valence-corrected chi connectivity index (χ3v) is 2.33. The van der Waals surface area contributed by atoms with Gasteiger partial charge in [-0.2, -0.15) is 0 Å². The zero-order chi connectivity index (χ0) is 11.3. The van der Waals surface area contributed by atoms with Crippen LogP contribution in [0, 0.1) is 0 Å². The summed E-state index contributed by atoms with van der Waals surface area (Å²) in [6.07, 6.45) is 1.04. The van der Waals surface area contributed by atoms with Crippen molar-refractivity contribution in [3.05, 3.63) is 11.2 Å². The number of aromatic nitrogens is 2. The summed E-state index contributed by atoms with van der Waals surface area (Å²) < 4.78 is 0. The number of thioether (sulfide) groups is 1. The van der Waals surface area contributed by atoms with E-state index in [-0.39, 0.29) is 13.2 Å². The maximum Gasteiger partial charge on any atom is 0.190 e. The summed E-state index contributed by atoms with van der Waals surface area (Å²) in [4.78, 5) is 8.09. The summed E-state index contributed by atoms with van der Waals surface area (Å²) in [6.45, 7) is -0.0706. The lowest BCUT2D eigenvalue weighted by Gasteiger charge is -2.09. The first-order chi connectivity index (χ1) is 7.15. The number of hydrogen-bond donors (Lipinski definition) is 3. The molecule has 0 spiro atoms. The molecule has 1 heterocycles. The highest BCUT2D eigenvalue weighted by atomic mass is 35.5. The molecule has 1 atom stereocenters. The van der Waals surface area contributed by atoms with E-state index in [2.05, 4.69) is 15.3 Å². The van der Waals surface area contributed by atoms with Crippen molar-refractivity contribution in [2.24, 2.45) is 0 Å². The lowest BCUT2D eigenvalue weighted by molar-refractivity contribution is 0.105. The molecule has 5 nitrogen and oxygen atoms in total. The average molecular weight is 250 g/mol. The minimum Gasteiger partial charge on any atom is -0.394 e. The standard InChI is InChI=1S/C8H12ClN3O2S/c1-15-8-11-6(9)2-7(12-8)10-3-5(14)4-13/h2,5,13-14H,3-4H2,1H3,(H,10,11,12).